The maximum atomic E-state index is 13.4. The van der Waals surface area contributed by atoms with Gasteiger partial charge in [-0.15, -0.1) is 0 Å². The Hall–Kier alpha value is -1.87. The van der Waals surface area contributed by atoms with E-state index in [1.807, 2.05) is 6.07 Å². The molecule has 0 aliphatic carbocycles. The van der Waals surface area contributed by atoms with E-state index in [9.17, 15) is 4.39 Å². The minimum atomic E-state index is -0.205. The zero-order valence-corrected chi connectivity index (χ0v) is 11.3. The van der Waals surface area contributed by atoms with Gasteiger partial charge in [0.1, 0.15) is 11.6 Å². The second-order valence-corrected chi connectivity index (χ2v) is 5.06. The third-order valence-corrected chi connectivity index (χ3v) is 3.66. The average Bonchev–Trinajstić information content (AvgIpc) is 2.49. The lowest BCUT2D eigenvalue weighted by atomic mass is 10.00. The molecule has 1 aliphatic heterocycles. The molecule has 1 atom stereocenters. The van der Waals surface area contributed by atoms with E-state index in [0.717, 1.165) is 30.7 Å². The van der Waals surface area contributed by atoms with Gasteiger partial charge in [-0.2, -0.15) is 0 Å². The summed E-state index contributed by atoms with van der Waals surface area (Å²) in [7, 11) is 0. The van der Waals surface area contributed by atoms with Crippen molar-refractivity contribution >= 4 is 0 Å². The molecule has 0 fully saturated rings. The van der Waals surface area contributed by atoms with Crippen LogP contribution in [0.1, 0.15) is 23.6 Å². The number of rotatable bonds is 4. The first kappa shape index (κ1) is 13.1. The molecule has 0 radical (unpaired) electrons. The average molecular weight is 271 g/mol. The largest absolute Gasteiger partial charge is 0.493 e. The quantitative estimate of drug-likeness (QED) is 0.919. The molecule has 2 nitrogen and oxygen atoms in total. The highest BCUT2D eigenvalue weighted by Crippen LogP contribution is 2.32. The van der Waals surface area contributed by atoms with Crippen molar-refractivity contribution in [1.82, 2.24) is 5.32 Å². The van der Waals surface area contributed by atoms with Crippen molar-refractivity contribution in [3.05, 3.63) is 65.5 Å². The van der Waals surface area contributed by atoms with E-state index in [2.05, 4.69) is 29.6 Å². The number of nitrogens with one attached hydrogen (secondary N) is 1. The zero-order chi connectivity index (χ0) is 13.8. The third kappa shape index (κ3) is 2.99. The lowest BCUT2D eigenvalue weighted by Gasteiger charge is -2.26. The zero-order valence-electron chi connectivity index (χ0n) is 11.3. The Kier molecular flexibility index (Phi) is 3.97. The van der Waals surface area contributed by atoms with Crippen molar-refractivity contribution < 1.29 is 9.13 Å². The van der Waals surface area contributed by atoms with Crippen LogP contribution in [0.25, 0.3) is 0 Å². The fourth-order valence-electron chi connectivity index (χ4n) is 2.61. The number of hydrogen-bond acceptors (Lipinski definition) is 2. The number of ether oxygens (including phenoxy) is 1. The first-order chi connectivity index (χ1) is 9.83. The van der Waals surface area contributed by atoms with Crippen LogP contribution in [-0.2, 0) is 6.42 Å². The van der Waals surface area contributed by atoms with Crippen LogP contribution in [0.15, 0.2) is 48.5 Å². The Labute approximate surface area is 118 Å². The molecule has 1 unspecified atom stereocenters. The summed E-state index contributed by atoms with van der Waals surface area (Å²) in [5, 5.41) is 3.51. The van der Waals surface area contributed by atoms with Gasteiger partial charge in [0.25, 0.3) is 0 Å². The van der Waals surface area contributed by atoms with Gasteiger partial charge in [0.05, 0.1) is 6.61 Å². The highest BCUT2D eigenvalue weighted by Gasteiger charge is 2.21. The van der Waals surface area contributed by atoms with Gasteiger partial charge in [0, 0.05) is 18.0 Å². The molecule has 0 amide bonds. The van der Waals surface area contributed by atoms with Crippen LogP contribution in [0.4, 0.5) is 4.39 Å². The van der Waals surface area contributed by atoms with Crippen molar-refractivity contribution in [2.24, 2.45) is 0 Å². The van der Waals surface area contributed by atoms with Crippen molar-refractivity contribution in [1.29, 1.82) is 0 Å². The van der Waals surface area contributed by atoms with Gasteiger partial charge >= 0.3 is 0 Å². The molecule has 3 rings (SSSR count). The SMILES string of the molecule is Fc1ccc2c(c1)C(NCCc1ccccc1)CCO2. The maximum Gasteiger partial charge on any atom is 0.124 e. The molecular weight excluding hydrogens is 253 g/mol. The molecule has 1 aliphatic rings. The van der Waals surface area contributed by atoms with Crippen LogP contribution < -0.4 is 10.1 Å². The summed E-state index contributed by atoms with van der Waals surface area (Å²) in [5.74, 6) is 0.596. The Morgan fingerprint density at radius 3 is 2.85 bits per heavy atom. The lowest BCUT2D eigenvalue weighted by molar-refractivity contribution is 0.252. The summed E-state index contributed by atoms with van der Waals surface area (Å²) < 4.78 is 18.9. The van der Waals surface area contributed by atoms with E-state index in [4.69, 9.17) is 4.74 Å². The van der Waals surface area contributed by atoms with Gasteiger partial charge < -0.3 is 10.1 Å². The standard InChI is InChI=1S/C17H18FNO/c18-14-6-7-17-15(12-14)16(9-11-20-17)19-10-8-13-4-2-1-3-5-13/h1-7,12,16,19H,8-11H2. The van der Waals surface area contributed by atoms with Crippen molar-refractivity contribution in [2.45, 2.75) is 18.9 Å². The predicted octanol–water partition coefficient (Wildman–Crippen LogP) is 3.48. The molecule has 0 spiro atoms. The molecular formula is C17H18FNO. The minimum Gasteiger partial charge on any atom is -0.493 e. The number of halogens is 1. The molecule has 2 aromatic carbocycles. The fourth-order valence-corrected chi connectivity index (χ4v) is 2.61. The van der Waals surface area contributed by atoms with Gasteiger partial charge in [-0.3, -0.25) is 0 Å². The topological polar surface area (TPSA) is 21.3 Å². The van der Waals surface area contributed by atoms with Gasteiger partial charge in [0.2, 0.25) is 0 Å². The highest BCUT2D eigenvalue weighted by molar-refractivity contribution is 5.38. The number of fused-ring (bicyclic) bond motifs is 1. The number of hydrogen-bond donors (Lipinski definition) is 1. The van der Waals surface area contributed by atoms with E-state index in [-0.39, 0.29) is 11.9 Å². The fraction of sp³-hybridized carbons (Fsp3) is 0.294. The molecule has 20 heavy (non-hydrogen) atoms. The normalized spacial score (nSPS) is 17.4. The Morgan fingerprint density at radius 2 is 2.00 bits per heavy atom. The maximum absolute atomic E-state index is 13.4. The first-order valence-corrected chi connectivity index (χ1v) is 7.02. The molecule has 1 N–H and O–H groups in total. The summed E-state index contributed by atoms with van der Waals surface area (Å²) in [6.45, 7) is 1.56. The Bertz CT molecular complexity index is 570. The smallest absolute Gasteiger partial charge is 0.124 e. The lowest BCUT2D eigenvalue weighted by Crippen LogP contribution is -2.28. The van der Waals surface area contributed by atoms with Crippen LogP contribution in [0.5, 0.6) is 5.75 Å². The Morgan fingerprint density at radius 1 is 1.15 bits per heavy atom. The number of benzene rings is 2. The second kappa shape index (κ2) is 6.06. The molecule has 3 heteroatoms. The van der Waals surface area contributed by atoms with Gasteiger partial charge in [-0.1, -0.05) is 30.3 Å². The molecule has 1 heterocycles. The second-order valence-electron chi connectivity index (χ2n) is 5.06. The summed E-state index contributed by atoms with van der Waals surface area (Å²) in [6.07, 6.45) is 1.86. The van der Waals surface area contributed by atoms with Gasteiger partial charge in [-0.25, -0.2) is 4.39 Å². The molecule has 104 valence electrons. The summed E-state index contributed by atoms with van der Waals surface area (Å²) in [4.78, 5) is 0. The molecule has 2 aromatic rings. The summed E-state index contributed by atoms with van der Waals surface area (Å²) in [6, 6.07) is 15.3. The predicted molar refractivity (Wildman–Crippen MR) is 77.4 cm³/mol. The summed E-state index contributed by atoms with van der Waals surface area (Å²) in [5.41, 5.74) is 2.25. The van der Waals surface area contributed by atoms with Crippen LogP contribution in [0.2, 0.25) is 0 Å². The third-order valence-electron chi connectivity index (χ3n) is 3.66. The van der Waals surface area contributed by atoms with E-state index in [1.54, 1.807) is 12.1 Å². The van der Waals surface area contributed by atoms with E-state index >= 15 is 0 Å². The monoisotopic (exact) mass is 271 g/mol. The highest BCUT2D eigenvalue weighted by atomic mass is 19.1. The summed E-state index contributed by atoms with van der Waals surface area (Å²) >= 11 is 0. The van der Waals surface area contributed by atoms with E-state index in [0.29, 0.717) is 6.61 Å². The van der Waals surface area contributed by atoms with E-state index < -0.39 is 0 Å². The molecule has 0 saturated carbocycles. The first-order valence-electron chi connectivity index (χ1n) is 7.02. The van der Waals surface area contributed by atoms with Gasteiger partial charge in [0.15, 0.2) is 0 Å². The van der Waals surface area contributed by atoms with Crippen LogP contribution in [0.3, 0.4) is 0 Å². The Balaban J connectivity index is 1.63. The van der Waals surface area contributed by atoms with Crippen LogP contribution in [-0.4, -0.2) is 13.2 Å². The van der Waals surface area contributed by atoms with Crippen LogP contribution >= 0.6 is 0 Å². The molecule has 0 bridgehead atoms. The van der Waals surface area contributed by atoms with Crippen molar-refractivity contribution in [3.63, 3.8) is 0 Å². The molecule has 0 saturated heterocycles. The van der Waals surface area contributed by atoms with Crippen molar-refractivity contribution in [3.8, 4) is 5.75 Å². The van der Waals surface area contributed by atoms with Crippen LogP contribution in [0, 0.1) is 5.82 Å². The van der Waals surface area contributed by atoms with Crippen molar-refractivity contribution in [2.75, 3.05) is 13.2 Å². The van der Waals surface area contributed by atoms with Gasteiger partial charge in [-0.05, 0) is 36.7 Å². The molecule has 0 aromatic heterocycles. The van der Waals surface area contributed by atoms with E-state index in [1.165, 1.54) is 11.6 Å². The minimum absolute atomic E-state index is 0.179.